The van der Waals surface area contributed by atoms with E-state index >= 15 is 0 Å². The Kier molecular flexibility index (Phi) is 3.69. The summed E-state index contributed by atoms with van der Waals surface area (Å²) in [7, 11) is 3.56. The van der Waals surface area contributed by atoms with Gasteiger partial charge in [0.05, 0.1) is 0 Å². The maximum atomic E-state index is 12.1. The molecule has 0 bridgehead atoms. The standard InChI is InChI=1S/C13H22N2O2/c1-14(2)13(17)15-9-4-3-7-11(15)10-6-5-8-12(10)16/h10-11H,3-9H2,1-2H3. The third-order valence-electron chi connectivity index (χ3n) is 3.99. The summed E-state index contributed by atoms with van der Waals surface area (Å²) in [6.45, 7) is 0.811. The van der Waals surface area contributed by atoms with Crippen LogP contribution in [0.3, 0.4) is 0 Å². The van der Waals surface area contributed by atoms with Gasteiger partial charge >= 0.3 is 6.03 Å². The van der Waals surface area contributed by atoms with E-state index in [4.69, 9.17) is 0 Å². The van der Waals surface area contributed by atoms with Gasteiger partial charge in [0, 0.05) is 39.0 Å². The Hall–Kier alpha value is -1.06. The number of amides is 2. The van der Waals surface area contributed by atoms with Crippen LogP contribution in [0, 0.1) is 5.92 Å². The van der Waals surface area contributed by atoms with Crippen molar-refractivity contribution in [3.8, 4) is 0 Å². The van der Waals surface area contributed by atoms with Gasteiger partial charge < -0.3 is 9.80 Å². The molecule has 1 aliphatic carbocycles. The number of likely N-dealkylation sites (tertiary alicyclic amines) is 1. The highest BCUT2D eigenvalue weighted by Gasteiger charge is 2.38. The molecule has 17 heavy (non-hydrogen) atoms. The molecule has 1 heterocycles. The quantitative estimate of drug-likeness (QED) is 0.700. The first kappa shape index (κ1) is 12.4. The predicted molar refractivity (Wildman–Crippen MR) is 65.8 cm³/mol. The second-order valence-electron chi connectivity index (χ2n) is 5.40. The number of rotatable bonds is 1. The number of ketones is 1. The van der Waals surface area contributed by atoms with Crippen LogP contribution < -0.4 is 0 Å². The van der Waals surface area contributed by atoms with E-state index in [2.05, 4.69) is 0 Å². The summed E-state index contributed by atoms with van der Waals surface area (Å²) >= 11 is 0. The fraction of sp³-hybridized carbons (Fsp3) is 0.846. The van der Waals surface area contributed by atoms with Crippen LogP contribution in [0.4, 0.5) is 4.79 Å². The molecule has 2 aliphatic rings. The molecular formula is C13H22N2O2. The molecule has 2 atom stereocenters. The Morgan fingerprint density at radius 1 is 1.24 bits per heavy atom. The van der Waals surface area contributed by atoms with Gasteiger partial charge in [-0.1, -0.05) is 0 Å². The topological polar surface area (TPSA) is 40.6 Å². The van der Waals surface area contributed by atoms with Gasteiger partial charge in [-0.2, -0.15) is 0 Å². The summed E-state index contributed by atoms with van der Waals surface area (Å²) < 4.78 is 0. The number of nitrogens with zero attached hydrogens (tertiary/aromatic N) is 2. The van der Waals surface area contributed by atoms with E-state index in [1.807, 2.05) is 4.90 Å². The maximum absolute atomic E-state index is 12.1. The van der Waals surface area contributed by atoms with Gasteiger partial charge in [0.25, 0.3) is 0 Å². The lowest BCUT2D eigenvalue weighted by atomic mass is 9.88. The third kappa shape index (κ3) is 2.45. The van der Waals surface area contributed by atoms with Crippen LogP contribution in [0.2, 0.25) is 0 Å². The predicted octanol–water partition coefficient (Wildman–Crippen LogP) is 1.89. The first-order valence-corrected chi connectivity index (χ1v) is 6.62. The van der Waals surface area contributed by atoms with Gasteiger partial charge in [0.1, 0.15) is 5.78 Å². The number of hydrogen-bond donors (Lipinski definition) is 0. The van der Waals surface area contributed by atoms with Crippen LogP contribution in [0.25, 0.3) is 0 Å². The Morgan fingerprint density at radius 3 is 2.59 bits per heavy atom. The summed E-state index contributed by atoms with van der Waals surface area (Å²) in [5, 5.41) is 0. The average Bonchev–Trinajstić information content (AvgIpc) is 2.74. The van der Waals surface area contributed by atoms with Crippen LogP contribution >= 0.6 is 0 Å². The van der Waals surface area contributed by atoms with E-state index in [1.165, 1.54) is 0 Å². The summed E-state index contributed by atoms with van der Waals surface area (Å²) in [6, 6.07) is 0.225. The molecule has 4 nitrogen and oxygen atoms in total. The first-order valence-electron chi connectivity index (χ1n) is 6.62. The SMILES string of the molecule is CN(C)C(=O)N1CCCCC1C1CCCC1=O. The second kappa shape index (κ2) is 5.07. The van der Waals surface area contributed by atoms with E-state index in [-0.39, 0.29) is 18.0 Å². The first-order chi connectivity index (χ1) is 8.11. The molecule has 2 fully saturated rings. The number of carbonyl (C=O) groups is 2. The molecule has 2 unspecified atom stereocenters. The lowest BCUT2D eigenvalue weighted by Gasteiger charge is -2.39. The minimum atomic E-state index is 0.0643. The number of Topliss-reactive ketones (excluding diaryl/α,β-unsaturated/α-hetero) is 1. The summed E-state index contributed by atoms with van der Waals surface area (Å²) in [6.07, 6.45) is 5.90. The molecule has 1 saturated carbocycles. The highest BCUT2D eigenvalue weighted by molar-refractivity contribution is 5.84. The number of piperidine rings is 1. The van der Waals surface area contributed by atoms with E-state index < -0.39 is 0 Å². The maximum Gasteiger partial charge on any atom is 0.319 e. The minimum absolute atomic E-state index is 0.0643. The van der Waals surface area contributed by atoms with Crippen molar-refractivity contribution in [1.29, 1.82) is 0 Å². The molecule has 0 aromatic heterocycles. The molecule has 1 aliphatic heterocycles. The van der Waals surface area contributed by atoms with Crippen LogP contribution in [0.15, 0.2) is 0 Å². The van der Waals surface area contributed by atoms with Crippen molar-refractivity contribution in [3.05, 3.63) is 0 Å². The van der Waals surface area contributed by atoms with Crippen LogP contribution in [-0.2, 0) is 4.79 Å². The highest BCUT2D eigenvalue weighted by atomic mass is 16.2. The molecule has 96 valence electrons. The van der Waals surface area contributed by atoms with Crippen molar-refractivity contribution in [2.24, 2.45) is 5.92 Å². The van der Waals surface area contributed by atoms with Gasteiger partial charge in [0.15, 0.2) is 0 Å². The molecule has 2 rings (SSSR count). The van der Waals surface area contributed by atoms with Crippen LogP contribution in [0.1, 0.15) is 38.5 Å². The van der Waals surface area contributed by atoms with Crippen molar-refractivity contribution in [3.63, 3.8) is 0 Å². The van der Waals surface area contributed by atoms with Gasteiger partial charge in [-0.15, -0.1) is 0 Å². The van der Waals surface area contributed by atoms with Crippen molar-refractivity contribution in [2.75, 3.05) is 20.6 Å². The van der Waals surface area contributed by atoms with Crippen LogP contribution in [0.5, 0.6) is 0 Å². The monoisotopic (exact) mass is 238 g/mol. The van der Waals surface area contributed by atoms with E-state index in [0.717, 1.165) is 38.6 Å². The highest BCUT2D eigenvalue weighted by Crippen LogP contribution is 2.32. The average molecular weight is 238 g/mol. The van der Waals surface area contributed by atoms with Gasteiger partial charge in [-0.05, 0) is 32.1 Å². The fourth-order valence-electron chi connectivity index (χ4n) is 3.12. The fourth-order valence-corrected chi connectivity index (χ4v) is 3.12. The van der Waals surface area contributed by atoms with E-state index in [9.17, 15) is 9.59 Å². The van der Waals surface area contributed by atoms with E-state index in [1.54, 1.807) is 19.0 Å². The molecule has 0 N–H and O–H groups in total. The zero-order valence-electron chi connectivity index (χ0n) is 10.8. The molecule has 0 aromatic rings. The Morgan fingerprint density at radius 2 is 2.00 bits per heavy atom. The molecular weight excluding hydrogens is 216 g/mol. The lowest BCUT2D eigenvalue weighted by Crippen LogP contribution is -2.51. The normalized spacial score (nSPS) is 29.5. The Balaban J connectivity index is 2.11. The van der Waals surface area contributed by atoms with Gasteiger partial charge in [-0.25, -0.2) is 4.79 Å². The molecule has 0 aromatic carbocycles. The van der Waals surface area contributed by atoms with Gasteiger partial charge in [-0.3, -0.25) is 4.79 Å². The molecule has 0 spiro atoms. The van der Waals surface area contributed by atoms with E-state index in [0.29, 0.717) is 12.2 Å². The zero-order chi connectivity index (χ0) is 12.4. The summed E-state index contributed by atoms with van der Waals surface area (Å²) in [5.41, 5.74) is 0. The number of urea groups is 1. The van der Waals surface area contributed by atoms with Crippen molar-refractivity contribution >= 4 is 11.8 Å². The van der Waals surface area contributed by atoms with Crippen LogP contribution in [-0.4, -0.2) is 48.3 Å². The Labute approximate surface area is 103 Å². The minimum Gasteiger partial charge on any atom is -0.331 e. The van der Waals surface area contributed by atoms with Crippen molar-refractivity contribution < 1.29 is 9.59 Å². The molecule has 4 heteroatoms. The summed E-state index contributed by atoms with van der Waals surface area (Å²) in [5.74, 6) is 0.479. The number of hydrogen-bond acceptors (Lipinski definition) is 2. The van der Waals surface area contributed by atoms with Crippen molar-refractivity contribution in [2.45, 2.75) is 44.6 Å². The molecule has 2 amide bonds. The largest absolute Gasteiger partial charge is 0.331 e. The Bertz CT molecular complexity index is 315. The van der Waals surface area contributed by atoms with Gasteiger partial charge in [0.2, 0.25) is 0 Å². The smallest absolute Gasteiger partial charge is 0.319 e. The number of carbonyl (C=O) groups excluding carboxylic acids is 2. The molecule has 0 radical (unpaired) electrons. The lowest BCUT2D eigenvalue weighted by molar-refractivity contribution is -0.122. The molecule has 1 saturated heterocycles. The third-order valence-corrected chi connectivity index (χ3v) is 3.99. The summed E-state index contributed by atoms with van der Waals surface area (Å²) in [4.78, 5) is 27.5. The van der Waals surface area contributed by atoms with Crippen molar-refractivity contribution in [1.82, 2.24) is 9.80 Å². The second-order valence-corrected chi connectivity index (χ2v) is 5.40. The zero-order valence-corrected chi connectivity index (χ0v) is 10.8.